The molecule has 1 aliphatic rings. The first-order chi connectivity index (χ1) is 27.8. The van der Waals surface area contributed by atoms with E-state index in [-0.39, 0.29) is 0 Å². The third-order valence-electron chi connectivity index (χ3n) is 11.9. The Balaban J connectivity index is 1.29. The predicted octanol–water partition coefficient (Wildman–Crippen LogP) is 7.76. The number of hydrogen-bond donors (Lipinski definition) is 0. The zero-order valence-electron chi connectivity index (χ0n) is 31.1. The SMILES string of the molecule is c1ccc(-c2cc(-c3ccc4[c](c3)[Ge]([c]3ccccc3)([c]3ccccc3)[c]3ccccc3-4)cc([Si](c3ccccc3)(c3ccccc3)c3ccccc3)c2)cc1. The van der Waals surface area contributed by atoms with Crippen LogP contribution in [0.15, 0.2) is 243 Å². The standard InChI is InChI=1S/C54H40GeSi/c1-7-21-41(22-8-1)43-37-44(39-50(38-43)56(47-27-13-4-14-28-47,48-29-15-5-16-30-48)49-31-17-6-18-32-49)42-35-36-52-51-33-19-20-34-53(51)55(54(52)40-42,45-23-9-2-10-24-45)46-25-11-3-12-26-46/h1-40H. The molecule has 264 valence electrons. The minimum atomic E-state index is -3.44. The molecule has 9 aromatic rings. The molecule has 2 heteroatoms. The second-order valence-electron chi connectivity index (χ2n) is 14.8. The van der Waals surface area contributed by atoms with Crippen molar-refractivity contribution in [1.82, 2.24) is 0 Å². The van der Waals surface area contributed by atoms with Gasteiger partial charge < -0.3 is 0 Å². The number of hydrogen-bond acceptors (Lipinski definition) is 0. The predicted molar refractivity (Wildman–Crippen MR) is 244 cm³/mol. The minimum absolute atomic E-state index is 1.22. The van der Waals surface area contributed by atoms with Crippen molar-refractivity contribution in [3.63, 3.8) is 0 Å². The van der Waals surface area contributed by atoms with E-state index in [0.29, 0.717) is 0 Å². The van der Waals surface area contributed by atoms with Crippen molar-refractivity contribution in [3.8, 4) is 33.4 Å². The molecule has 0 N–H and O–H groups in total. The molecule has 0 nitrogen and oxygen atoms in total. The van der Waals surface area contributed by atoms with Gasteiger partial charge in [-0.25, -0.2) is 0 Å². The average Bonchev–Trinajstić information content (AvgIpc) is 3.59. The van der Waals surface area contributed by atoms with Gasteiger partial charge in [0.05, 0.1) is 0 Å². The summed E-state index contributed by atoms with van der Waals surface area (Å²) in [5.74, 6) is 0. The van der Waals surface area contributed by atoms with E-state index in [2.05, 4.69) is 243 Å². The average molecular weight is 790 g/mol. The molecule has 1 aliphatic heterocycles. The summed E-state index contributed by atoms with van der Waals surface area (Å²) >= 11 is -3.44. The normalized spacial score (nSPS) is 12.8. The van der Waals surface area contributed by atoms with Crippen LogP contribution < -0.4 is 38.3 Å². The van der Waals surface area contributed by atoms with Crippen LogP contribution >= 0.6 is 0 Å². The van der Waals surface area contributed by atoms with Gasteiger partial charge in [0.2, 0.25) is 0 Å². The van der Waals surface area contributed by atoms with E-state index in [1.54, 1.807) is 0 Å². The third kappa shape index (κ3) is 5.50. The van der Waals surface area contributed by atoms with E-state index in [1.165, 1.54) is 71.7 Å². The van der Waals surface area contributed by atoms with Crippen molar-refractivity contribution >= 4 is 59.7 Å². The first-order valence-corrected chi connectivity index (χ1v) is 25.7. The topological polar surface area (TPSA) is 0 Å². The van der Waals surface area contributed by atoms with Gasteiger partial charge in [-0.05, 0) is 0 Å². The Labute approximate surface area is 333 Å². The summed E-state index contributed by atoms with van der Waals surface area (Å²) in [7, 11) is -2.82. The molecule has 0 radical (unpaired) electrons. The van der Waals surface area contributed by atoms with Crippen LogP contribution in [0.1, 0.15) is 0 Å². The first kappa shape index (κ1) is 34.2. The van der Waals surface area contributed by atoms with Gasteiger partial charge in [0.1, 0.15) is 0 Å². The Morgan fingerprint density at radius 1 is 0.250 bits per heavy atom. The van der Waals surface area contributed by atoms with E-state index < -0.39 is 21.3 Å². The molecule has 0 spiro atoms. The van der Waals surface area contributed by atoms with Crippen molar-refractivity contribution in [2.75, 3.05) is 0 Å². The van der Waals surface area contributed by atoms with Crippen LogP contribution in [0, 0.1) is 0 Å². The van der Waals surface area contributed by atoms with Gasteiger partial charge in [0, 0.05) is 0 Å². The zero-order chi connectivity index (χ0) is 37.4. The maximum atomic E-state index is 2.58. The summed E-state index contributed by atoms with van der Waals surface area (Å²) in [6.07, 6.45) is 0. The molecule has 0 saturated carbocycles. The van der Waals surface area contributed by atoms with Crippen LogP contribution in [0.25, 0.3) is 33.4 Å². The number of benzene rings is 9. The number of fused-ring (bicyclic) bond motifs is 3. The van der Waals surface area contributed by atoms with Gasteiger partial charge in [0.15, 0.2) is 0 Å². The van der Waals surface area contributed by atoms with Crippen molar-refractivity contribution in [2.45, 2.75) is 0 Å². The van der Waals surface area contributed by atoms with Gasteiger partial charge >= 0.3 is 336 Å². The molecule has 10 rings (SSSR count). The Morgan fingerprint density at radius 3 is 1.18 bits per heavy atom. The molecule has 0 aliphatic carbocycles. The molecule has 0 fully saturated rings. The van der Waals surface area contributed by atoms with E-state index >= 15 is 0 Å². The Morgan fingerprint density at radius 2 is 0.661 bits per heavy atom. The third-order valence-corrected chi connectivity index (χ3v) is 26.8. The quantitative estimate of drug-likeness (QED) is 0.109. The van der Waals surface area contributed by atoms with Crippen LogP contribution in [-0.4, -0.2) is 21.3 Å². The van der Waals surface area contributed by atoms with E-state index in [9.17, 15) is 0 Å². The first-order valence-electron chi connectivity index (χ1n) is 19.5. The fraction of sp³-hybridized carbons (Fsp3) is 0. The molecular formula is C54H40GeSi. The second kappa shape index (κ2) is 14.4. The summed E-state index contributed by atoms with van der Waals surface area (Å²) in [6, 6.07) is 91.6. The fourth-order valence-corrected chi connectivity index (χ4v) is 25.3. The molecule has 0 bridgehead atoms. The summed E-state index contributed by atoms with van der Waals surface area (Å²) in [5.41, 5.74) is 7.72. The van der Waals surface area contributed by atoms with Crippen molar-refractivity contribution in [1.29, 1.82) is 0 Å². The molecule has 0 saturated heterocycles. The van der Waals surface area contributed by atoms with Gasteiger partial charge in [-0.15, -0.1) is 0 Å². The monoisotopic (exact) mass is 790 g/mol. The van der Waals surface area contributed by atoms with Crippen LogP contribution in [-0.2, 0) is 0 Å². The molecule has 1 heterocycles. The van der Waals surface area contributed by atoms with Crippen molar-refractivity contribution in [3.05, 3.63) is 243 Å². The molecule has 0 amide bonds. The maximum absolute atomic E-state index is 3.44. The van der Waals surface area contributed by atoms with Crippen LogP contribution in [0.2, 0.25) is 0 Å². The summed E-state index contributed by atoms with van der Waals surface area (Å²) in [4.78, 5) is 0. The van der Waals surface area contributed by atoms with Gasteiger partial charge in [-0.1, -0.05) is 0 Å². The van der Waals surface area contributed by atoms with Crippen molar-refractivity contribution in [2.24, 2.45) is 0 Å². The second-order valence-corrected chi connectivity index (χ2v) is 26.4. The van der Waals surface area contributed by atoms with E-state index in [4.69, 9.17) is 0 Å². The fourth-order valence-electron chi connectivity index (χ4n) is 9.50. The summed E-state index contributed by atoms with van der Waals surface area (Å²) < 4.78 is 5.94. The molecular weight excluding hydrogens is 749 g/mol. The van der Waals surface area contributed by atoms with E-state index in [0.717, 1.165) is 0 Å². The Hall–Kier alpha value is -6.26. The van der Waals surface area contributed by atoms with Gasteiger partial charge in [-0.2, -0.15) is 0 Å². The van der Waals surface area contributed by atoms with E-state index in [1.807, 2.05) is 0 Å². The molecule has 0 unspecified atom stereocenters. The van der Waals surface area contributed by atoms with Gasteiger partial charge in [0.25, 0.3) is 0 Å². The number of rotatable bonds is 8. The van der Waals surface area contributed by atoms with Gasteiger partial charge in [-0.3, -0.25) is 0 Å². The summed E-state index contributed by atoms with van der Waals surface area (Å²) in [6.45, 7) is 0. The van der Waals surface area contributed by atoms with Crippen LogP contribution in [0.4, 0.5) is 0 Å². The molecule has 0 aromatic heterocycles. The van der Waals surface area contributed by atoms with Crippen molar-refractivity contribution < 1.29 is 0 Å². The molecule has 0 atom stereocenters. The van der Waals surface area contributed by atoms with Crippen LogP contribution in [0.5, 0.6) is 0 Å². The molecule has 56 heavy (non-hydrogen) atoms. The summed E-state index contributed by atoms with van der Waals surface area (Å²) in [5, 5.41) is 5.50. The molecule has 9 aromatic carbocycles. The Kier molecular flexibility index (Phi) is 8.82. The Bertz CT molecular complexity index is 2630. The van der Waals surface area contributed by atoms with Crippen LogP contribution in [0.3, 0.4) is 0 Å². The zero-order valence-corrected chi connectivity index (χ0v) is 34.2.